The molecule has 0 nitrogen and oxygen atoms in total. The summed E-state index contributed by atoms with van der Waals surface area (Å²) in [5.41, 5.74) is 1.39. The maximum Gasteiger partial charge on any atom is 0.0149 e. The minimum absolute atomic E-state index is 1.14. The first-order valence-electron chi connectivity index (χ1n) is 5.21. The maximum atomic E-state index is 4.08. The molecule has 3 heteroatoms. The van der Waals surface area contributed by atoms with Crippen LogP contribution in [0.1, 0.15) is 20.3 Å². The van der Waals surface area contributed by atoms with Crippen LogP contribution in [0.5, 0.6) is 0 Å². The Morgan fingerprint density at radius 3 is 2.21 bits per heavy atom. The third-order valence-electron chi connectivity index (χ3n) is 1.54. The van der Waals surface area contributed by atoms with Crippen LogP contribution >= 0.6 is 35.3 Å². The molecule has 0 atom stereocenters. The van der Waals surface area contributed by atoms with Crippen LogP contribution in [0.2, 0.25) is 0 Å². The van der Waals surface area contributed by atoms with Crippen LogP contribution in [0, 0.1) is 0 Å². The first-order chi connectivity index (χ1) is 6.81. The highest BCUT2D eigenvalue weighted by Crippen LogP contribution is 2.13. The van der Waals surface area contributed by atoms with Crippen molar-refractivity contribution in [3.05, 3.63) is 12.2 Å². The van der Waals surface area contributed by atoms with Gasteiger partial charge in [-0.05, 0) is 17.9 Å². The molecule has 0 saturated heterocycles. The standard InChI is InChI=1S/C11H22S3/c1-4-6-13-7-8-14-10-11(3)9-12-5-2/h3-10H2,1-2H3. The molecule has 0 spiro atoms. The fourth-order valence-corrected chi connectivity index (χ4v) is 3.56. The van der Waals surface area contributed by atoms with Gasteiger partial charge >= 0.3 is 0 Å². The SMILES string of the molecule is C=C(CSCC)CSCCSCCC. The summed E-state index contributed by atoms with van der Waals surface area (Å²) in [6.07, 6.45) is 1.30. The fraction of sp³-hybridized carbons (Fsp3) is 0.818. The minimum atomic E-state index is 1.14. The van der Waals surface area contributed by atoms with Gasteiger partial charge in [-0.25, -0.2) is 0 Å². The van der Waals surface area contributed by atoms with E-state index < -0.39 is 0 Å². The minimum Gasteiger partial charge on any atom is -0.161 e. The second-order valence-electron chi connectivity index (χ2n) is 3.05. The molecule has 0 aromatic heterocycles. The molecular weight excluding hydrogens is 228 g/mol. The van der Waals surface area contributed by atoms with Gasteiger partial charge in [0.15, 0.2) is 0 Å². The van der Waals surface area contributed by atoms with Crippen molar-refractivity contribution in [2.75, 3.05) is 34.5 Å². The molecule has 14 heavy (non-hydrogen) atoms. The van der Waals surface area contributed by atoms with Gasteiger partial charge in [-0.3, -0.25) is 0 Å². The van der Waals surface area contributed by atoms with Crippen molar-refractivity contribution in [2.24, 2.45) is 0 Å². The molecule has 0 saturated carbocycles. The predicted molar refractivity (Wildman–Crippen MR) is 77.1 cm³/mol. The van der Waals surface area contributed by atoms with Crippen LogP contribution in [-0.4, -0.2) is 34.5 Å². The molecule has 0 unspecified atom stereocenters. The first kappa shape index (κ1) is 14.8. The molecule has 0 bridgehead atoms. The topological polar surface area (TPSA) is 0 Å². The van der Waals surface area contributed by atoms with Crippen LogP contribution in [0.4, 0.5) is 0 Å². The van der Waals surface area contributed by atoms with Gasteiger partial charge in [0.05, 0.1) is 0 Å². The maximum absolute atomic E-state index is 4.08. The van der Waals surface area contributed by atoms with Crippen LogP contribution in [-0.2, 0) is 0 Å². The number of hydrogen-bond donors (Lipinski definition) is 0. The molecule has 0 aromatic carbocycles. The van der Waals surface area contributed by atoms with Gasteiger partial charge in [-0.2, -0.15) is 35.3 Å². The van der Waals surface area contributed by atoms with Gasteiger partial charge in [0, 0.05) is 23.0 Å². The third kappa shape index (κ3) is 10.9. The Morgan fingerprint density at radius 2 is 1.57 bits per heavy atom. The fourth-order valence-electron chi connectivity index (χ4n) is 0.869. The zero-order chi connectivity index (χ0) is 10.6. The molecule has 0 N–H and O–H groups in total. The van der Waals surface area contributed by atoms with Gasteiger partial charge in [0.2, 0.25) is 0 Å². The Morgan fingerprint density at radius 1 is 0.929 bits per heavy atom. The molecule has 0 fully saturated rings. The monoisotopic (exact) mass is 250 g/mol. The molecule has 0 radical (unpaired) electrons. The summed E-state index contributed by atoms with van der Waals surface area (Å²) in [6.45, 7) is 8.52. The summed E-state index contributed by atoms with van der Waals surface area (Å²) in [4.78, 5) is 0. The van der Waals surface area contributed by atoms with E-state index in [1.807, 2.05) is 23.5 Å². The average molecular weight is 250 g/mol. The lowest BCUT2D eigenvalue weighted by molar-refractivity contribution is 1.11. The van der Waals surface area contributed by atoms with Gasteiger partial charge < -0.3 is 0 Å². The Kier molecular flexibility index (Phi) is 12.5. The zero-order valence-electron chi connectivity index (χ0n) is 9.38. The van der Waals surface area contributed by atoms with E-state index in [0.717, 1.165) is 11.5 Å². The van der Waals surface area contributed by atoms with E-state index >= 15 is 0 Å². The zero-order valence-corrected chi connectivity index (χ0v) is 11.8. The van der Waals surface area contributed by atoms with Gasteiger partial charge in [0.25, 0.3) is 0 Å². The smallest absolute Gasteiger partial charge is 0.0149 e. The van der Waals surface area contributed by atoms with Crippen molar-refractivity contribution in [3.8, 4) is 0 Å². The molecule has 0 amide bonds. The van der Waals surface area contributed by atoms with E-state index in [4.69, 9.17) is 0 Å². The Labute approximate surface area is 102 Å². The highest BCUT2D eigenvalue weighted by molar-refractivity contribution is 8.03. The highest BCUT2D eigenvalue weighted by Gasteiger charge is 1.95. The number of hydrogen-bond acceptors (Lipinski definition) is 3. The molecule has 0 aromatic rings. The van der Waals surface area contributed by atoms with E-state index in [0.29, 0.717) is 0 Å². The van der Waals surface area contributed by atoms with Crippen molar-refractivity contribution in [1.29, 1.82) is 0 Å². The lowest BCUT2D eigenvalue weighted by Crippen LogP contribution is -1.93. The number of thioether (sulfide) groups is 3. The number of rotatable bonds is 10. The van der Waals surface area contributed by atoms with Gasteiger partial charge in [0.1, 0.15) is 0 Å². The van der Waals surface area contributed by atoms with Crippen molar-refractivity contribution in [2.45, 2.75) is 20.3 Å². The van der Waals surface area contributed by atoms with Crippen molar-refractivity contribution < 1.29 is 0 Å². The van der Waals surface area contributed by atoms with E-state index in [-0.39, 0.29) is 0 Å². The van der Waals surface area contributed by atoms with E-state index in [1.165, 1.54) is 35.0 Å². The summed E-state index contributed by atoms with van der Waals surface area (Å²) in [5, 5.41) is 0. The summed E-state index contributed by atoms with van der Waals surface area (Å²) in [7, 11) is 0. The quantitative estimate of drug-likeness (QED) is 0.422. The van der Waals surface area contributed by atoms with Crippen molar-refractivity contribution in [3.63, 3.8) is 0 Å². The van der Waals surface area contributed by atoms with Gasteiger partial charge in [-0.1, -0.05) is 26.0 Å². The second-order valence-corrected chi connectivity index (χ2v) is 6.66. The third-order valence-corrected chi connectivity index (χ3v) is 5.11. The van der Waals surface area contributed by atoms with E-state index in [1.54, 1.807) is 0 Å². The molecule has 0 heterocycles. The van der Waals surface area contributed by atoms with Crippen LogP contribution < -0.4 is 0 Å². The summed E-state index contributed by atoms with van der Waals surface area (Å²) in [5.74, 6) is 7.39. The molecule has 0 rings (SSSR count). The summed E-state index contributed by atoms with van der Waals surface area (Å²) < 4.78 is 0. The Balaban J connectivity index is 3.07. The highest BCUT2D eigenvalue weighted by atomic mass is 32.2. The Hall–Kier alpha value is 0.790. The van der Waals surface area contributed by atoms with Crippen LogP contribution in [0.25, 0.3) is 0 Å². The van der Waals surface area contributed by atoms with Gasteiger partial charge in [-0.15, -0.1) is 0 Å². The van der Waals surface area contributed by atoms with E-state index in [9.17, 15) is 0 Å². The Bertz CT molecular complexity index is 134. The summed E-state index contributed by atoms with van der Waals surface area (Å²) in [6, 6.07) is 0. The molecule has 0 aliphatic heterocycles. The van der Waals surface area contributed by atoms with E-state index in [2.05, 4.69) is 32.2 Å². The molecule has 84 valence electrons. The molecule has 0 aliphatic rings. The largest absolute Gasteiger partial charge is 0.161 e. The normalized spacial score (nSPS) is 10.4. The van der Waals surface area contributed by atoms with Crippen LogP contribution in [0.3, 0.4) is 0 Å². The molecular formula is C11H22S3. The van der Waals surface area contributed by atoms with Crippen molar-refractivity contribution in [1.82, 2.24) is 0 Å². The summed E-state index contributed by atoms with van der Waals surface area (Å²) >= 11 is 6.07. The van der Waals surface area contributed by atoms with Crippen LogP contribution in [0.15, 0.2) is 12.2 Å². The molecule has 0 aliphatic carbocycles. The van der Waals surface area contributed by atoms with Crippen molar-refractivity contribution >= 4 is 35.3 Å². The lowest BCUT2D eigenvalue weighted by Gasteiger charge is -2.04. The second kappa shape index (κ2) is 11.9. The predicted octanol–water partition coefficient (Wildman–Crippen LogP) is 4.17. The lowest BCUT2D eigenvalue weighted by atomic mass is 10.4. The first-order valence-corrected chi connectivity index (χ1v) is 8.67. The average Bonchev–Trinajstić information content (AvgIpc) is 2.20.